The molecular weight excluding hydrogens is 210 g/mol. The van der Waals surface area contributed by atoms with Crippen molar-refractivity contribution in [3.8, 4) is 0 Å². The molecule has 2 heterocycles. The van der Waals surface area contributed by atoms with Crippen molar-refractivity contribution in [1.29, 1.82) is 0 Å². The summed E-state index contributed by atoms with van der Waals surface area (Å²) in [4.78, 5) is 25.7. The molecule has 0 unspecified atom stereocenters. The van der Waals surface area contributed by atoms with E-state index in [1.807, 2.05) is 12.3 Å². The van der Waals surface area contributed by atoms with Gasteiger partial charge in [-0.05, 0) is 12.3 Å². The second-order valence-electron chi connectivity index (χ2n) is 3.77. The van der Waals surface area contributed by atoms with Gasteiger partial charge in [-0.1, -0.05) is 0 Å². The monoisotopic (exact) mass is 225 g/mol. The highest BCUT2D eigenvalue weighted by molar-refractivity contribution is 6.01. The van der Waals surface area contributed by atoms with E-state index in [0.717, 1.165) is 26.3 Å². The summed E-state index contributed by atoms with van der Waals surface area (Å²) in [6.07, 6.45) is 3.85. The minimum absolute atomic E-state index is 0.159. The van der Waals surface area contributed by atoms with Crippen LogP contribution < -0.4 is 5.32 Å². The molecule has 16 heavy (non-hydrogen) atoms. The molecule has 0 aromatic carbocycles. The van der Waals surface area contributed by atoms with Crippen molar-refractivity contribution >= 4 is 11.9 Å². The third-order valence-electron chi connectivity index (χ3n) is 2.56. The summed E-state index contributed by atoms with van der Waals surface area (Å²) in [6.45, 7) is 3.87. The summed E-state index contributed by atoms with van der Waals surface area (Å²) in [7, 11) is 0. The van der Waals surface area contributed by atoms with Gasteiger partial charge in [-0.2, -0.15) is 0 Å². The lowest BCUT2D eigenvalue weighted by atomic mass is 10.4. The Kier molecular flexibility index (Phi) is 3.40. The SMILES string of the molecule is O=C1CN(CC=CN2CCOCC2)C(=O)N1. The number of amides is 3. The zero-order valence-corrected chi connectivity index (χ0v) is 9.02. The number of carbonyl (C=O) groups is 2. The highest BCUT2D eigenvalue weighted by Gasteiger charge is 2.25. The van der Waals surface area contributed by atoms with Crippen LogP contribution >= 0.6 is 0 Å². The first-order chi connectivity index (χ1) is 7.75. The smallest absolute Gasteiger partial charge is 0.324 e. The van der Waals surface area contributed by atoms with Crippen LogP contribution in [0.3, 0.4) is 0 Å². The second kappa shape index (κ2) is 4.98. The molecule has 0 saturated carbocycles. The summed E-state index contributed by atoms with van der Waals surface area (Å²) in [5, 5.41) is 2.24. The first-order valence-corrected chi connectivity index (χ1v) is 5.33. The second-order valence-corrected chi connectivity index (χ2v) is 3.77. The molecule has 2 saturated heterocycles. The highest BCUT2D eigenvalue weighted by Crippen LogP contribution is 2.00. The number of nitrogens with one attached hydrogen (secondary N) is 1. The molecule has 2 aliphatic rings. The minimum atomic E-state index is -0.309. The fourth-order valence-electron chi connectivity index (χ4n) is 1.68. The van der Waals surface area contributed by atoms with Crippen LogP contribution in [0.1, 0.15) is 0 Å². The molecule has 2 aliphatic heterocycles. The maximum absolute atomic E-state index is 11.2. The van der Waals surface area contributed by atoms with Gasteiger partial charge in [0.2, 0.25) is 5.91 Å². The molecule has 3 amide bonds. The number of morpholine rings is 1. The lowest BCUT2D eigenvalue weighted by molar-refractivity contribution is -0.118. The van der Waals surface area contributed by atoms with Gasteiger partial charge >= 0.3 is 6.03 Å². The number of carbonyl (C=O) groups excluding carboxylic acids is 2. The normalized spacial score (nSPS) is 22.0. The maximum atomic E-state index is 11.2. The Morgan fingerprint density at radius 2 is 2.06 bits per heavy atom. The molecule has 0 spiro atoms. The van der Waals surface area contributed by atoms with Crippen LogP contribution in [0.2, 0.25) is 0 Å². The topological polar surface area (TPSA) is 61.9 Å². The fourth-order valence-corrected chi connectivity index (χ4v) is 1.68. The number of urea groups is 1. The van der Waals surface area contributed by atoms with Crippen molar-refractivity contribution in [1.82, 2.24) is 15.1 Å². The summed E-state index contributed by atoms with van der Waals surface area (Å²) >= 11 is 0. The van der Waals surface area contributed by atoms with Crippen LogP contribution in [0.25, 0.3) is 0 Å². The predicted octanol–water partition coefficient (Wildman–Crippen LogP) is -0.616. The van der Waals surface area contributed by atoms with E-state index in [4.69, 9.17) is 4.74 Å². The van der Waals surface area contributed by atoms with Crippen molar-refractivity contribution in [3.05, 3.63) is 12.3 Å². The number of rotatable bonds is 3. The van der Waals surface area contributed by atoms with Crippen LogP contribution in [0.15, 0.2) is 12.3 Å². The van der Waals surface area contributed by atoms with E-state index in [1.54, 1.807) is 0 Å². The maximum Gasteiger partial charge on any atom is 0.324 e. The third kappa shape index (κ3) is 2.73. The Balaban J connectivity index is 1.75. The number of hydrogen-bond donors (Lipinski definition) is 1. The standard InChI is InChI=1S/C10H15N3O3/c14-9-8-13(10(15)11-9)3-1-2-12-4-6-16-7-5-12/h1-2H,3-8H2,(H,11,14,15). The molecule has 0 radical (unpaired) electrons. The van der Waals surface area contributed by atoms with Gasteiger partial charge in [0.25, 0.3) is 0 Å². The van der Waals surface area contributed by atoms with Crippen molar-refractivity contribution in [2.75, 3.05) is 39.4 Å². The van der Waals surface area contributed by atoms with Gasteiger partial charge in [-0.3, -0.25) is 10.1 Å². The van der Waals surface area contributed by atoms with Crippen LogP contribution in [0, 0.1) is 0 Å². The zero-order valence-electron chi connectivity index (χ0n) is 9.02. The zero-order chi connectivity index (χ0) is 11.4. The van der Waals surface area contributed by atoms with E-state index in [0.29, 0.717) is 6.54 Å². The highest BCUT2D eigenvalue weighted by atomic mass is 16.5. The molecule has 2 rings (SSSR count). The van der Waals surface area contributed by atoms with Gasteiger partial charge < -0.3 is 14.5 Å². The van der Waals surface area contributed by atoms with E-state index in [-0.39, 0.29) is 18.5 Å². The molecule has 0 aromatic rings. The Morgan fingerprint density at radius 3 is 2.69 bits per heavy atom. The molecular formula is C10H15N3O3. The molecule has 6 heteroatoms. The quantitative estimate of drug-likeness (QED) is 0.650. The average Bonchev–Trinajstić information content (AvgIpc) is 2.59. The van der Waals surface area contributed by atoms with E-state index in [1.165, 1.54) is 4.90 Å². The number of ether oxygens (including phenoxy) is 1. The van der Waals surface area contributed by atoms with Gasteiger partial charge in [-0.25, -0.2) is 4.79 Å². The Bertz CT molecular complexity index is 310. The Hall–Kier alpha value is -1.56. The third-order valence-corrected chi connectivity index (χ3v) is 2.56. The summed E-state index contributed by atoms with van der Waals surface area (Å²) in [5.74, 6) is -0.232. The average molecular weight is 225 g/mol. The fraction of sp³-hybridized carbons (Fsp3) is 0.600. The van der Waals surface area contributed by atoms with Crippen LogP contribution in [-0.2, 0) is 9.53 Å². The molecule has 0 bridgehead atoms. The molecule has 0 aromatic heterocycles. The van der Waals surface area contributed by atoms with Crippen LogP contribution in [0.4, 0.5) is 4.79 Å². The van der Waals surface area contributed by atoms with Gasteiger partial charge in [0.1, 0.15) is 6.54 Å². The van der Waals surface area contributed by atoms with E-state index in [9.17, 15) is 9.59 Å². The Labute approximate surface area is 93.8 Å². The lowest BCUT2D eigenvalue weighted by Gasteiger charge is -2.25. The van der Waals surface area contributed by atoms with Crippen molar-refractivity contribution in [3.63, 3.8) is 0 Å². The predicted molar refractivity (Wildman–Crippen MR) is 56.6 cm³/mol. The van der Waals surface area contributed by atoms with Crippen molar-refractivity contribution in [2.24, 2.45) is 0 Å². The van der Waals surface area contributed by atoms with Crippen LogP contribution in [-0.4, -0.2) is 61.1 Å². The molecule has 2 fully saturated rings. The molecule has 6 nitrogen and oxygen atoms in total. The number of hydrogen-bond acceptors (Lipinski definition) is 4. The first-order valence-electron chi connectivity index (χ1n) is 5.33. The summed E-state index contributed by atoms with van der Waals surface area (Å²) in [5.41, 5.74) is 0. The van der Waals surface area contributed by atoms with Crippen molar-refractivity contribution < 1.29 is 14.3 Å². The largest absolute Gasteiger partial charge is 0.378 e. The van der Waals surface area contributed by atoms with Crippen LogP contribution in [0.5, 0.6) is 0 Å². The summed E-state index contributed by atoms with van der Waals surface area (Å²) in [6, 6.07) is -0.309. The van der Waals surface area contributed by atoms with E-state index < -0.39 is 0 Å². The van der Waals surface area contributed by atoms with E-state index >= 15 is 0 Å². The van der Waals surface area contributed by atoms with Crippen molar-refractivity contribution in [2.45, 2.75) is 0 Å². The number of nitrogens with zero attached hydrogens (tertiary/aromatic N) is 2. The van der Waals surface area contributed by atoms with Gasteiger partial charge in [0.15, 0.2) is 0 Å². The molecule has 88 valence electrons. The van der Waals surface area contributed by atoms with Gasteiger partial charge in [0.05, 0.1) is 13.2 Å². The first kappa shape index (κ1) is 10.9. The number of imide groups is 1. The molecule has 0 atom stereocenters. The van der Waals surface area contributed by atoms with E-state index in [2.05, 4.69) is 10.2 Å². The van der Waals surface area contributed by atoms with Gasteiger partial charge in [-0.15, -0.1) is 0 Å². The molecule has 1 N–H and O–H groups in total. The molecule has 0 aliphatic carbocycles. The minimum Gasteiger partial charge on any atom is -0.378 e. The van der Waals surface area contributed by atoms with Gasteiger partial charge in [0, 0.05) is 19.6 Å². The lowest BCUT2D eigenvalue weighted by Crippen LogP contribution is -2.33. The summed E-state index contributed by atoms with van der Waals surface area (Å²) < 4.78 is 5.22. The Morgan fingerprint density at radius 1 is 1.31 bits per heavy atom.